The maximum atomic E-state index is 11.7. The van der Waals surface area contributed by atoms with Gasteiger partial charge in [-0.25, -0.2) is 0 Å². The molecule has 0 aliphatic carbocycles. The summed E-state index contributed by atoms with van der Waals surface area (Å²) in [5.74, 6) is 0.0387. The molecule has 3 aromatic carbocycles. The molecule has 3 rings (SSSR count). The van der Waals surface area contributed by atoms with Crippen molar-refractivity contribution in [2.75, 3.05) is 0 Å². The molecule has 3 aromatic rings. The van der Waals surface area contributed by atoms with Gasteiger partial charge in [0.1, 0.15) is 5.78 Å². The monoisotopic (exact) mass is 350 g/mol. The van der Waals surface area contributed by atoms with Crippen LogP contribution in [-0.2, 0) is 17.1 Å². The van der Waals surface area contributed by atoms with Crippen molar-refractivity contribution < 1.29 is 21.9 Å². The Morgan fingerprint density at radius 3 is 2.09 bits per heavy atom. The molecular weight excluding hydrogens is 336 g/mol. The SMILES string of the molecule is Cl[c-]1[cH-][cH-][cH-][cH-]1.O=C(C=C[c-]1cccc1)c1ccccc1.[Fe]. The molecule has 0 atom stereocenters. The number of allylic oxidation sites excluding steroid dienone is 1. The minimum absolute atomic E-state index is 0. The van der Waals surface area contributed by atoms with Crippen LogP contribution in [0.15, 0.2) is 84.9 Å². The zero-order valence-electron chi connectivity index (χ0n) is 11.8. The minimum Gasteiger partial charge on any atom is -0.747 e. The molecule has 0 spiro atoms. The number of hydrogen-bond donors (Lipinski definition) is 0. The predicted molar refractivity (Wildman–Crippen MR) is 88.9 cm³/mol. The van der Waals surface area contributed by atoms with Crippen LogP contribution in [-0.4, -0.2) is 5.78 Å². The van der Waals surface area contributed by atoms with Gasteiger partial charge >= 0.3 is 0 Å². The molecule has 0 saturated heterocycles. The van der Waals surface area contributed by atoms with E-state index in [4.69, 9.17) is 11.6 Å². The van der Waals surface area contributed by atoms with Crippen molar-refractivity contribution in [2.45, 2.75) is 0 Å². The second-order valence-corrected chi connectivity index (χ2v) is 4.82. The summed E-state index contributed by atoms with van der Waals surface area (Å²) in [6.07, 6.45) is 3.43. The van der Waals surface area contributed by atoms with Crippen LogP contribution in [0.2, 0.25) is 5.02 Å². The maximum Gasteiger partial charge on any atom is 0.146 e. The van der Waals surface area contributed by atoms with Crippen molar-refractivity contribution in [1.82, 2.24) is 0 Å². The number of halogens is 1. The molecule has 0 saturated carbocycles. The third-order valence-corrected chi connectivity index (χ3v) is 3.05. The zero-order chi connectivity index (χ0) is 14.9. The Labute approximate surface area is 146 Å². The molecule has 0 amide bonds. The van der Waals surface area contributed by atoms with Crippen LogP contribution >= 0.6 is 11.6 Å². The van der Waals surface area contributed by atoms with E-state index in [1.54, 1.807) is 6.08 Å². The average Bonchev–Trinajstić information content (AvgIpc) is 3.20. The van der Waals surface area contributed by atoms with Gasteiger partial charge < -0.3 is 45.7 Å². The van der Waals surface area contributed by atoms with Gasteiger partial charge in [-0.2, -0.15) is 12.1 Å². The van der Waals surface area contributed by atoms with Gasteiger partial charge in [0.15, 0.2) is 0 Å². The standard InChI is InChI=1S/C14H11O.C5H4Cl.Fe/c15-14(13-8-2-1-3-9-13)11-10-12-6-4-5-7-12;6-5-3-1-2-4-5;/h1-11H;1-4H;/q-1;-5;. The van der Waals surface area contributed by atoms with E-state index in [-0.39, 0.29) is 22.9 Å². The summed E-state index contributed by atoms with van der Waals surface area (Å²) in [6, 6.07) is 24.6. The van der Waals surface area contributed by atoms with Gasteiger partial charge in [-0.05, 0) is 0 Å². The molecule has 0 N–H and O–H groups in total. The molecule has 118 valence electrons. The first-order valence-electron chi connectivity index (χ1n) is 6.62. The van der Waals surface area contributed by atoms with Crippen molar-refractivity contribution in [3.8, 4) is 0 Å². The van der Waals surface area contributed by atoms with Crippen molar-refractivity contribution in [1.29, 1.82) is 0 Å². The number of ketones is 1. The Hall–Kier alpha value is -1.86. The van der Waals surface area contributed by atoms with Crippen LogP contribution in [0, 0.1) is 0 Å². The summed E-state index contributed by atoms with van der Waals surface area (Å²) in [6.45, 7) is 0. The fraction of sp³-hybridized carbons (Fsp3) is 0. The third-order valence-electron chi connectivity index (χ3n) is 2.80. The molecule has 0 radical (unpaired) electrons. The Bertz CT molecular complexity index is 668. The largest absolute Gasteiger partial charge is 0.747 e. The normalized spacial score (nSPS) is 9.68. The van der Waals surface area contributed by atoms with Crippen LogP contribution in [0.5, 0.6) is 0 Å². The molecule has 0 aliphatic heterocycles. The van der Waals surface area contributed by atoms with Gasteiger partial charge in [0, 0.05) is 22.6 Å². The first kappa shape index (κ1) is 18.2. The molecule has 0 heterocycles. The van der Waals surface area contributed by atoms with E-state index in [9.17, 15) is 4.79 Å². The molecule has 1 nitrogen and oxygen atoms in total. The zero-order valence-corrected chi connectivity index (χ0v) is 13.7. The van der Waals surface area contributed by atoms with E-state index in [1.165, 1.54) is 0 Å². The van der Waals surface area contributed by atoms with E-state index in [0.717, 1.165) is 16.1 Å². The van der Waals surface area contributed by atoms with Crippen molar-refractivity contribution in [2.24, 2.45) is 0 Å². The average molecular weight is 351 g/mol. The van der Waals surface area contributed by atoms with Crippen LogP contribution in [0.25, 0.3) is 6.08 Å². The molecule has 0 bridgehead atoms. The van der Waals surface area contributed by atoms with Gasteiger partial charge in [-0.3, -0.25) is 0 Å². The van der Waals surface area contributed by atoms with Gasteiger partial charge in [0.25, 0.3) is 0 Å². The predicted octanol–water partition coefficient (Wildman–Crippen LogP) is 5.36. The van der Waals surface area contributed by atoms with E-state index in [2.05, 4.69) is 0 Å². The topological polar surface area (TPSA) is 17.1 Å². The first-order chi connectivity index (χ1) is 10.3. The Kier molecular flexibility index (Phi) is 8.24. The van der Waals surface area contributed by atoms with Crippen molar-refractivity contribution >= 4 is 23.5 Å². The van der Waals surface area contributed by atoms with E-state index in [0.29, 0.717) is 0 Å². The quantitative estimate of drug-likeness (QED) is 0.269. The minimum atomic E-state index is 0. The van der Waals surface area contributed by atoms with Crippen molar-refractivity contribution in [3.63, 3.8) is 0 Å². The molecule has 0 fully saturated rings. The molecule has 0 unspecified atom stereocenters. The summed E-state index contributed by atoms with van der Waals surface area (Å²) in [4.78, 5) is 11.7. The van der Waals surface area contributed by atoms with E-state index >= 15 is 0 Å². The maximum absolute atomic E-state index is 11.7. The van der Waals surface area contributed by atoms with Crippen molar-refractivity contribution in [3.05, 3.63) is 101 Å². The van der Waals surface area contributed by atoms with Gasteiger partial charge in [-0.1, -0.05) is 36.4 Å². The second-order valence-electron chi connectivity index (χ2n) is 4.38. The van der Waals surface area contributed by atoms with Gasteiger partial charge in [0.2, 0.25) is 0 Å². The van der Waals surface area contributed by atoms with Crippen LogP contribution < -0.4 is 0 Å². The van der Waals surface area contributed by atoms with E-state index < -0.39 is 0 Å². The number of benzene rings is 1. The first-order valence-corrected chi connectivity index (χ1v) is 7.00. The fourth-order valence-corrected chi connectivity index (χ4v) is 1.87. The van der Waals surface area contributed by atoms with Gasteiger partial charge in [0.05, 0.1) is 0 Å². The summed E-state index contributed by atoms with van der Waals surface area (Å²) in [5, 5.41) is 0.815. The summed E-state index contributed by atoms with van der Waals surface area (Å²) >= 11 is 5.46. The number of rotatable bonds is 3. The Morgan fingerprint density at radius 2 is 1.59 bits per heavy atom. The molecule has 0 aliphatic rings. The molecule has 22 heavy (non-hydrogen) atoms. The Balaban J connectivity index is 0.000000293. The number of carbonyl (C=O) groups is 1. The third kappa shape index (κ3) is 6.28. The smallest absolute Gasteiger partial charge is 0.146 e. The molecule has 0 aromatic heterocycles. The second kappa shape index (κ2) is 9.96. The van der Waals surface area contributed by atoms with Crippen LogP contribution in [0.3, 0.4) is 0 Å². The summed E-state index contributed by atoms with van der Waals surface area (Å²) < 4.78 is 0. The Morgan fingerprint density at radius 1 is 1.00 bits per heavy atom. The molecular formula is C19H15ClFeO-6. The fourth-order valence-electron chi connectivity index (χ4n) is 1.72. The number of hydrogen-bond acceptors (Lipinski definition) is 1. The molecule has 3 heteroatoms. The van der Waals surface area contributed by atoms with E-state index in [1.807, 2.05) is 84.9 Å². The van der Waals surface area contributed by atoms with Crippen LogP contribution in [0.1, 0.15) is 15.9 Å². The van der Waals surface area contributed by atoms with Gasteiger partial charge in [-0.15, -0.1) is 23.8 Å². The number of carbonyl (C=O) groups excluding carboxylic acids is 1. The van der Waals surface area contributed by atoms with Crippen LogP contribution in [0.4, 0.5) is 0 Å². The summed E-state index contributed by atoms with van der Waals surface area (Å²) in [5.41, 5.74) is 1.78. The summed E-state index contributed by atoms with van der Waals surface area (Å²) in [7, 11) is 0.